The predicted octanol–water partition coefficient (Wildman–Crippen LogP) is -3.97. The van der Waals surface area contributed by atoms with Crippen molar-refractivity contribution in [3.63, 3.8) is 0 Å². The predicted molar refractivity (Wildman–Crippen MR) is 15.5 cm³/mol. The van der Waals surface area contributed by atoms with Gasteiger partial charge in [0, 0.05) is 0 Å². The van der Waals surface area contributed by atoms with Crippen molar-refractivity contribution < 1.29 is 28.2 Å². The van der Waals surface area contributed by atoms with Crippen LogP contribution in [0.5, 0.6) is 0 Å². The van der Waals surface area contributed by atoms with Crippen molar-refractivity contribution in [1.29, 1.82) is 0 Å². The molecule has 0 atom stereocenters. The summed E-state index contributed by atoms with van der Waals surface area (Å²) in [5.74, 6) is 0. The van der Waals surface area contributed by atoms with Gasteiger partial charge in [-0.25, -0.2) is 0 Å². The van der Waals surface area contributed by atoms with E-state index in [1.807, 2.05) is 0 Å². The van der Waals surface area contributed by atoms with Gasteiger partial charge in [-0.05, 0) is 10.5 Å². The van der Waals surface area contributed by atoms with Gasteiger partial charge >= 0.3 is 9.76 Å². The quantitative estimate of drug-likeness (QED) is 0.371. The van der Waals surface area contributed by atoms with Gasteiger partial charge in [0.05, 0.1) is 10.2 Å². The van der Waals surface area contributed by atoms with Crippen LogP contribution in [0.4, 0.5) is 0 Å². The van der Waals surface area contributed by atoms with E-state index in [4.69, 9.17) is 0 Å². The molecule has 0 aromatic rings. The Morgan fingerprint density at radius 3 is 1.86 bits per heavy atom. The minimum atomic E-state index is -4.12. The second-order valence-corrected chi connectivity index (χ2v) is 2.98. The minimum absolute atomic E-state index is 1.10. The number of halogens is 1. The van der Waals surface area contributed by atoms with Gasteiger partial charge in [-0.2, -0.15) is 14.0 Å². The highest BCUT2D eigenvalue weighted by Gasteiger charge is 2.11. The summed E-state index contributed by atoms with van der Waals surface area (Å²) >= 11 is 0. The molecule has 0 aliphatic rings. The maximum atomic E-state index is 9.46. The van der Waals surface area contributed by atoms with Crippen molar-refractivity contribution in [2.75, 3.05) is 0 Å². The molecule has 44 valence electrons. The van der Waals surface area contributed by atoms with Crippen LogP contribution in [-0.4, -0.2) is 9.76 Å². The summed E-state index contributed by atoms with van der Waals surface area (Å²) in [4.78, 5) is 0. The van der Waals surface area contributed by atoms with Crippen LogP contribution in [0.25, 0.3) is 0 Å². The van der Waals surface area contributed by atoms with E-state index in [0.29, 0.717) is 0 Å². The Morgan fingerprint density at radius 1 is 1.43 bits per heavy atom. The molecule has 0 N–H and O–H groups in total. The molecule has 0 fully saturated rings. The smallest absolute Gasteiger partial charge is 0.185 e. The van der Waals surface area contributed by atoms with E-state index in [1.165, 1.54) is 0 Å². The first-order chi connectivity index (χ1) is 3.06. The summed E-state index contributed by atoms with van der Waals surface area (Å²) < 4.78 is 32.1. The average Bonchev–Trinajstić information content (AvgIpc) is 1.30. The van der Waals surface area contributed by atoms with Gasteiger partial charge in [0.1, 0.15) is 0 Å². The fraction of sp³-hybridized carbons (Fsp3) is 1.00. The molecule has 0 saturated carbocycles. The molecule has 0 spiro atoms. The number of hydrogen-bond donors (Lipinski definition) is 0. The summed E-state index contributed by atoms with van der Waals surface area (Å²) in [6.07, 6.45) is 0. The molecule has 0 aromatic carbocycles. The minimum Gasteiger partial charge on any atom is -0.185 e. The number of hydrogen-bond acceptors (Lipinski definition) is 4. The van der Waals surface area contributed by atoms with Crippen LogP contribution in [0, 0.1) is 10.2 Å². The Balaban J connectivity index is 3.15. The van der Waals surface area contributed by atoms with Crippen LogP contribution in [0.1, 0.15) is 0 Å². The van der Waals surface area contributed by atoms with E-state index in [0.717, 1.165) is 0 Å². The molecule has 0 radical (unpaired) electrons. The summed E-state index contributed by atoms with van der Waals surface area (Å²) in [5, 5.41) is 0. The second-order valence-electron chi connectivity index (χ2n) is 0.776. The van der Waals surface area contributed by atoms with Crippen molar-refractivity contribution in [3.05, 3.63) is 0 Å². The Bertz CT molecular complexity index is 50.1. The molecule has 0 rings (SSSR count). The largest absolute Gasteiger partial charge is 0.371 e. The van der Waals surface area contributed by atoms with E-state index < -0.39 is 20.0 Å². The first kappa shape index (κ1) is 7.35. The lowest BCUT2D eigenvalue weighted by Gasteiger charge is -2.12. The topological polar surface area (TPSA) is 78.4 Å². The molecule has 0 heterocycles. The monoisotopic (exact) mass is 144 g/mol. The lowest BCUT2D eigenvalue weighted by Crippen LogP contribution is -2.61. The van der Waals surface area contributed by atoms with Crippen LogP contribution in [-0.2, 0) is 3.98 Å². The van der Waals surface area contributed by atoms with Crippen molar-refractivity contribution in [1.82, 2.24) is 0 Å². The molecule has 0 amide bonds. The zero-order valence-corrected chi connectivity index (χ0v) is 5.89. The van der Waals surface area contributed by atoms with Gasteiger partial charge in [0.15, 0.2) is 0 Å². The van der Waals surface area contributed by atoms with Crippen molar-refractivity contribution in [3.8, 4) is 0 Å². The Labute approximate surface area is 45.4 Å². The zero-order chi connectivity index (χ0) is 5.91. The van der Waals surface area contributed by atoms with Gasteiger partial charge < -0.3 is 0 Å². The van der Waals surface area contributed by atoms with E-state index in [-0.39, 0.29) is 0 Å². The molecule has 7 heavy (non-hydrogen) atoms. The van der Waals surface area contributed by atoms with Gasteiger partial charge in [0.2, 0.25) is 0 Å². The summed E-state index contributed by atoms with van der Waals surface area (Å²) in [6.45, 7) is 1.56. The molecule has 4 nitrogen and oxygen atoms in total. The molecule has 0 unspecified atom stereocenters. The lowest BCUT2D eigenvalue weighted by molar-refractivity contribution is -1.91. The molecule has 0 bridgehead atoms. The normalized spacial score (nSPS) is 13.7. The third-order valence-electron chi connectivity index (χ3n) is 0.243. The Kier molecular flexibility index (Phi) is 2.73. The molecular formula is CH5ClO4Si. The molecular weight excluding hydrogens is 140 g/mol. The van der Waals surface area contributed by atoms with Crippen LogP contribution in [0.15, 0.2) is 0 Å². The Morgan fingerprint density at radius 2 is 1.86 bits per heavy atom. The third-order valence-corrected chi connectivity index (χ3v) is 2.18. The summed E-state index contributed by atoms with van der Waals surface area (Å²) in [7, 11) is -5.22. The van der Waals surface area contributed by atoms with Gasteiger partial charge in [-0.3, -0.25) is 0 Å². The van der Waals surface area contributed by atoms with Gasteiger partial charge in [-0.1, -0.05) is 0 Å². The maximum Gasteiger partial charge on any atom is 0.371 e. The molecule has 0 aliphatic carbocycles. The van der Waals surface area contributed by atoms with Crippen molar-refractivity contribution in [2.45, 2.75) is 6.55 Å². The summed E-state index contributed by atoms with van der Waals surface area (Å²) in [5.41, 5.74) is 0. The van der Waals surface area contributed by atoms with Gasteiger partial charge in [0.25, 0.3) is 0 Å². The zero-order valence-electron chi connectivity index (χ0n) is 3.72. The maximum absolute atomic E-state index is 9.46. The third kappa shape index (κ3) is 6.35. The first-order valence-corrected chi connectivity index (χ1v) is 4.84. The first-order valence-electron chi connectivity index (χ1n) is 1.61. The van der Waals surface area contributed by atoms with Crippen LogP contribution in [0.2, 0.25) is 6.55 Å². The van der Waals surface area contributed by atoms with Crippen LogP contribution in [0.3, 0.4) is 0 Å². The highest BCUT2D eigenvalue weighted by Crippen LogP contribution is 1.81. The highest BCUT2D eigenvalue weighted by molar-refractivity contribution is 6.24. The van der Waals surface area contributed by atoms with Crippen LogP contribution >= 0.6 is 0 Å². The van der Waals surface area contributed by atoms with Crippen molar-refractivity contribution >= 4 is 9.76 Å². The number of rotatable bonds is 2. The lowest BCUT2D eigenvalue weighted by atomic mass is 11.9. The average molecular weight is 145 g/mol. The SMILES string of the molecule is C[SiH2]O[Cl+3]([O-])([O-])[O-]. The van der Waals surface area contributed by atoms with E-state index in [2.05, 4.69) is 3.98 Å². The van der Waals surface area contributed by atoms with Crippen LogP contribution < -0.4 is 14.0 Å². The van der Waals surface area contributed by atoms with Crippen molar-refractivity contribution in [2.24, 2.45) is 0 Å². The molecule has 0 aliphatic heterocycles. The Hall–Kier alpha value is 0.347. The van der Waals surface area contributed by atoms with E-state index >= 15 is 0 Å². The highest BCUT2D eigenvalue weighted by atomic mass is 35.7. The standard InChI is InChI=1S/CH5ClO4Si/c1-7-6-2(3,4)5/h7H2,1H3. The molecule has 0 aromatic heterocycles. The van der Waals surface area contributed by atoms with E-state index in [1.54, 1.807) is 6.55 Å². The van der Waals surface area contributed by atoms with E-state index in [9.17, 15) is 14.0 Å². The fourth-order valence-corrected chi connectivity index (χ4v) is 1.20. The summed E-state index contributed by atoms with van der Waals surface area (Å²) in [6, 6.07) is 0. The fourth-order valence-electron chi connectivity index (χ4n) is 0.134. The van der Waals surface area contributed by atoms with Gasteiger partial charge in [-0.15, -0.1) is 0 Å². The second kappa shape index (κ2) is 2.60. The molecule has 0 saturated heterocycles. The molecule has 6 heteroatoms.